The summed E-state index contributed by atoms with van der Waals surface area (Å²) in [7, 11) is 0. The Morgan fingerprint density at radius 1 is 1.32 bits per heavy atom. The van der Waals surface area contributed by atoms with E-state index in [-0.39, 0.29) is 0 Å². The Morgan fingerprint density at radius 3 is 2.72 bits per heavy atom. The summed E-state index contributed by atoms with van der Waals surface area (Å²) in [5.74, 6) is -0.794. The standard InChI is InChI=1S/C19H20BrNO2S2/c1-13-6-10-24-17(13)15(18-16(20)7-11-25-18)5-3-9-21-8-2-4-14(12-21)19(22)23/h4-7,10-11H,2-3,8-9,12H2,1H3,(H,22,23). The van der Waals surface area contributed by atoms with E-state index in [0.29, 0.717) is 12.1 Å². The van der Waals surface area contributed by atoms with Crippen molar-refractivity contribution in [2.45, 2.75) is 19.8 Å². The van der Waals surface area contributed by atoms with Gasteiger partial charge < -0.3 is 5.11 Å². The first kappa shape index (κ1) is 18.6. The average molecular weight is 438 g/mol. The lowest BCUT2D eigenvalue weighted by Gasteiger charge is -2.25. The Labute approximate surface area is 164 Å². The van der Waals surface area contributed by atoms with Gasteiger partial charge in [0.2, 0.25) is 0 Å². The van der Waals surface area contributed by atoms with Crippen LogP contribution in [0.4, 0.5) is 0 Å². The number of hydrogen-bond donors (Lipinski definition) is 1. The summed E-state index contributed by atoms with van der Waals surface area (Å²) in [6, 6.07) is 4.25. The van der Waals surface area contributed by atoms with Crippen LogP contribution in [-0.2, 0) is 4.79 Å². The van der Waals surface area contributed by atoms with Gasteiger partial charge in [-0.05, 0) is 64.2 Å². The number of thiophene rings is 2. The highest BCUT2D eigenvalue weighted by Gasteiger charge is 2.17. The van der Waals surface area contributed by atoms with Crippen LogP contribution in [0.2, 0.25) is 0 Å². The van der Waals surface area contributed by atoms with Crippen LogP contribution in [0.3, 0.4) is 0 Å². The number of carboxylic acids is 1. The van der Waals surface area contributed by atoms with Gasteiger partial charge in [-0.25, -0.2) is 4.79 Å². The molecule has 0 aliphatic carbocycles. The number of carbonyl (C=O) groups is 1. The Kier molecular flexibility index (Phi) is 6.28. The van der Waals surface area contributed by atoms with Gasteiger partial charge in [-0.15, -0.1) is 22.7 Å². The van der Waals surface area contributed by atoms with Crippen molar-refractivity contribution in [3.8, 4) is 0 Å². The molecule has 1 aliphatic rings. The van der Waals surface area contributed by atoms with Gasteiger partial charge in [0.1, 0.15) is 0 Å². The minimum Gasteiger partial charge on any atom is -0.478 e. The largest absolute Gasteiger partial charge is 0.478 e. The molecular formula is C19H20BrNO2S2. The molecule has 3 nitrogen and oxygen atoms in total. The number of halogens is 1. The quantitative estimate of drug-likeness (QED) is 0.655. The van der Waals surface area contributed by atoms with E-state index in [2.05, 4.69) is 56.7 Å². The van der Waals surface area contributed by atoms with Crippen LogP contribution in [-0.4, -0.2) is 35.6 Å². The van der Waals surface area contributed by atoms with Gasteiger partial charge >= 0.3 is 5.97 Å². The maximum atomic E-state index is 11.2. The van der Waals surface area contributed by atoms with Crippen molar-refractivity contribution in [1.82, 2.24) is 4.90 Å². The predicted octanol–water partition coefficient (Wildman–Crippen LogP) is 5.42. The third-order valence-corrected chi connectivity index (χ3v) is 7.19. The molecule has 0 amide bonds. The third kappa shape index (κ3) is 4.50. The molecule has 2 aromatic rings. The van der Waals surface area contributed by atoms with Crippen molar-refractivity contribution < 1.29 is 9.90 Å². The molecule has 0 spiro atoms. The van der Waals surface area contributed by atoms with Crippen molar-refractivity contribution in [2.75, 3.05) is 19.6 Å². The summed E-state index contributed by atoms with van der Waals surface area (Å²) in [6.07, 6.45) is 5.87. The van der Waals surface area contributed by atoms with Crippen molar-refractivity contribution in [1.29, 1.82) is 0 Å². The maximum Gasteiger partial charge on any atom is 0.332 e. The van der Waals surface area contributed by atoms with Gasteiger partial charge in [0, 0.05) is 45.0 Å². The number of hydrogen-bond acceptors (Lipinski definition) is 4. The minimum absolute atomic E-state index is 0.519. The van der Waals surface area contributed by atoms with Crippen molar-refractivity contribution in [3.63, 3.8) is 0 Å². The van der Waals surface area contributed by atoms with E-state index < -0.39 is 5.97 Å². The summed E-state index contributed by atoms with van der Waals surface area (Å²) >= 11 is 7.18. The first-order valence-corrected chi connectivity index (χ1v) is 10.7. The van der Waals surface area contributed by atoms with Crippen LogP contribution in [0, 0.1) is 6.92 Å². The van der Waals surface area contributed by atoms with E-state index in [1.54, 1.807) is 22.7 Å². The molecule has 0 bridgehead atoms. The van der Waals surface area contributed by atoms with Gasteiger partial charge in [0.25, 0.3) is 0 Å². The first-order valence-electron chi connectivity index (χ1n) is 8.19. The normalized spacial score (nSPS) is 16.1. The van der Waals surface area contributed by atoms with Crippen LogP contribution in [0.15, 0.2) is 45.1 Å². The molecule has 1 aliphatic heterocycles. The Balaban J connectivity index is 1.74. The van der Waals surface area contributed by atoms with Crippen molar-refractivity contribution >= 4 is 50.1 Å². The van der Waals surface area contributed by atoms with Crippen molar-refractivity contribution in [2.24, 2.45) is 0 Å². The molecule has 2 aromatic heterocycles. The average Bonchev–Trinajstić information content (AvgIpc) is 3.21. The lowest BCUT2D eigenvalue weighted by atomic mass is 10.1. The molecule has 0 aromatic carbocycles. The molecule has 0 atom stereocenters. The molecule has 132 valence electrons. The monoisotopic (exact) mass is 437 g/mol. The number of carboxylic acid groups (broad SMARTS) is 1. The van der Waals surface area contributed by atoms with E-state index in [0.717, 1.165) is 30.4 Å². The lowest BCUT2D eigenvalue weighted by molar-refractivity contribution is -0.133. The van der Waals surface area contributed by atoms with Gasteiger partial charge in [0.05, 0.1) is 0 Å². The summed E-state index contributed by atoms with van der Waals surface area (Å²) in [6.45, 7) is 4.50. The van der Waals surface area contributed by atoms with Gasteiger partial charge in [0.15, 0.2) is 0 Å². The molecule has 0 radical (unpaired) electrons. The molecule has 0 unspecified atom stereocenters. The first-order chi connectivity index (χ1) is 12.1. The molecule has 3 rings (SSSR count). The Bertz CT molecular complexity index is 777. The van der Waals surface area contributed by atoms with Gasteiger partial charge in [-0.3, -0.25) is 4.90 Å². The second-order valence-corrected chi connectivity index (χ2v) is 8.72. The van der Waals surface area contributed by atoms with E-state index in [1.165, 1.54) is 20.9 Å². The summed E-state index contributed by atoms with van der Waals surface area (Å²) in [4.78, 5) is 16.0. The van der Waals surface area contributed by atoms with Crippen LogP contribution in [0.1, 0.15) is 28.2 Å². The summed E-state index contributed by atoms with van der Waals surface area (Å²) in [5.41, 5.74) is 3.09. The molecular weight excluding hydrogens is 418 g/mol. The highest BCUT2D eigenvalue weighted by atomic mass is 79.9. The van der Waals surface area contributed by atoms with Crippen molar-refractivity contribution in [3.05, 3.63) is 60.4 Å². The molecule has 6 heteroatoms. The number of aliphatic carboxylic acids is 1. The van der Waals surface area contributed by atoms with Gasteiger partial charge in [-0.1, -0.05) is 12.2 Å². The second-order valence-electron chi connectivity index (χ2n) is 6.04. The zero-order valence-corrected chi connectivity index (χ0v) is 17.2. The van der Waals surface area contributed by atoms with Crippen LogP contribution in [0.5, 0.6) is 0 Å². The van der Waals surface area contributed by atoms with E-state index in [4.69, 9.17) is 0 Å². The molecule has 1 N–H and O–H groups in total. The fraction of sp³-hybridized carbons (Fsp3) is 0.316. The zero-order chi connectivity index (χ0) is 17.8. The zero-order valence-electron chi connectivity index (χ0n) is 14.0. The molecule has 3 heterocycles. The summed E-state index contributed by atoms with van der Waals surface area (Å²) < 4.78 is 1.13. The fourth-order valence-corrected chi connectivity index (χ4v) is 5.64. The molecule has 0 fully saturated rings. The maximum absolute atomic E-state index is 11.2. The topological polar surface area (TPSA) is 40.5 Å². The third-order valence-electron chi connectivity index (χ3n) is 4.27. The highest BCUT2D eigenvalue weighted by molar-refractivity contribution is 9.10. The SMILES string of the molecule is Cc1ccsc1C(=CCCN1CCC=C(C(=O)O)C1)c1sccc1Br. The lowest BCUT2D eigenvalue weighted by Crippen LogP contribution is -2.32. The number of aryl methyl sites for hydroxylation is 1. The van der Waals surface area contributed by atoms with Crippen LogP contribution < -0.4 is 0 Å². The van der Waals surface area contributed by atoms with Crippen LogP contribution >= 0.6 is 38.6 Å². The van der Waals surface area contributed by atoms with E-state index in [9.17, 15) is 9.90 Å². The Hall–Kier alpha value is -1.21. The smallest absolute Gasteiger partial charge is 0.332 e. The Morgan fingerprint density at radius 2 is 2.08 bits per heavy atom. The predicted molar refractivity (Wildman–Crippen MR) is 110 cm³/mol. The molecule has 0 saturated heterocycles. The second kappa shape index (κ2) is 8.45. The summed E-state index contributed by atoms with van der Waals surface area (Å²) in [5, 5.41) is 13.4. The minimum atomic E-state index is -0.794. The number of nitrogens with zero attached hydrogens (tertiary/aromatic N) is 1. The molecule has 0 saturated carbocycles. The van der Waals surface area contributed by atoms with Crippen LogP contribution in [0.25, 0.3) is 5.57 Å². The number of rotatable bonds is 6. The van der Waals surface area contributed by atoms with Gasteiger partial charge in [-0.2, -0.15) is 0 Å². The fourth-order valence-electron chi connectivity index (χ4n) is 2.97. The highest BCUT2D eigenvalue weighted by Crippen LogP contribution is 2.37. The van der Waals surface area contributed by atoms with E-state index >= 15 is 0 Å². The van der Waals surface area contributed by atoms with E-state index in [1.807, 2.05) is 6.08 Å². The molecule has 25 heavy (non-hydrogen) atoms.